The van der Waals surface area contributed by atoms with E-state index in [2.05, 4.69) is 15.0 Å². The normalized spacial score (nSPS) is 15.9. The first-order valence-corrected chi connectivity index (χ1v) is 11.0. The summed E-state index contributed by atoms with van der Waals surface area (Å²) in [5.74, 6) is 1.21. The molecule has 0 bridgehead atoms. The van der Waals surface area contributed by atoms with Crippen LogP contribution in [0, 0.1) is 4.91 Å². The second-order valence-electron chi connectivity index (χ2n) is 8.19. The summed E-state index contributed by atoms with van der Waals surface area (Å²) >= 11 is 0. The minimum atomic E-state index is 0.00482. The van der Waals surface area contributed by atoms with Crippen LogP contribution in [0.5, 0.6) is 11.5 Å². The van der Waals surface area contributed by atoms with Crippen molar-refractivity contribution in [1.29, 1.82) is 0 Å². The Bertz CT molecular complexity index is 1180. The van der Waals surface area contributed by atoms with E-state index in [4.69, 9.17) is 13.9 Å². The highest BCUT2D eigenvalue weighted by molar-refractivity contribution is 5.81. The Morgan fingerprint density at radius 2 is 1.78 bits per heavy atom. The first kappa shape index (κ1) is 20.5. The molecule has 1 saturated heterocycles. The predicted molar refractivity (Wildman–Crippen MR) is 122 cm³/mol. The second-order valence-corrected chi connectivity index (χ2v) is 8.19. The molecule has 0 atom stereocenters. The summed E-state index contributed by atoms with van der Waals surface area (Å²) in [6.07, 6.45) is 4.21. The Morgan fingerprint density at radius 3 is 2.59 bits per heavy atom. The van der Waals surface area contributed by atoms with Gasteiger partial charge in [0.25, 0.3) is 0 Å². The molecule has 0 amide bonds. The molecule has 3 aromatic rings. The van der Waals surface area contributed by atoms with E-state index in [-0.39, 0.29) is 12.2 Å². The van der Waals surface area contributed by atoms with Crippen LogP contribution in [0.4, 0.5) is 11.4 Å². The zero-order valence-corrected chi connectivity index (χ0v) is 17.8. The molecular formula is C24H25N3O5. The summed E-state index contributed by atoms with van der Waals surface area (Å²) in [5.41, 5.74) is 2.74. The molecule has 0 radical (unpaired) electrons. The van der Waals surface area contributed by atoms with E-state index in [0.717, 1.165) is 51.3 Å². The van der Waals surface area contributed by atoms with Gasteiger partial charge in [0.15, 0.2) is 16.9 Å². The van der Waals surface area contributed by atoms with E-state index in [9.17, 15) is 9.70 Å². The van der Waals surface area contributed by atoms with E-state index < -0.39 is 0 Å². The number of anilines is 1. The highest BCUT2D eigenvalue weighted by Gasteiger charge is 2.19. The molecule has 1 fully saturated rings. The SMILES string of the molecule is O=Nc1cccc(N2CCN(CCCCc3coc4cc5c(cc4c3=O)OCO5)CC2)c1. The molecule has 8 heteroatoms. The van der Waals surface area contributed by atoms with E-state index in [1.807, 2.05) is 18.2 Å². The minimum Gasteiger partial charge on any atom is -0.464 e. The lowest BCUT2D eigenvalue weighted by Gasteiger charge is -2.36. The molecule has 2 aliphatic heterocycles. The van der Waals surface area contributed by atoms with Gasteiger partial charge in [0.1, 0.15) is 11.3 Å². The maximum absolute atomic E-state index is 12.8. The molecule has 32 heavy (non-hydrogen) atoms. The van der Waals surface area contributed by atoms with Gasteiger partial charge in [-0.25, -0.2) is 0 Å². The van der Waals surface area contributed by atoms with Crippen molar-refractivity contribution in [3.8, 4) is 11.5 Å². The fraction of sp³-hybridized carbons (Fsp3) is 0.375. The van der Waals surface area contributed by atoms with Gasteiger partial charge in [0, 0.05) is 43.5 Å². The third-order valence-electron chi connectivity index (χ3n) is 6.18. The van der Waals surface area contributed by atoms with E-state index in [1.165, 1.54) is 0 Å². The summed E-state index contributed by atoms with van der Waals surface area (Å²) in [4.78, 5) is 28.3. The molecule has 2 aliphatic rings. The molecule has 1 aromatic heterocycles. The van der Waals surface area contributed by atoms with Crippen LogP contribution in [-0.4, -0.2) is 44.4 Å². The van der Waals surface area contributed by atoms with Crippen molar-refractivity contribution in [2.24, 2.45) is 5.18 Å². The second kappa shape index (κ2) is 9.00. The van der Waals surface area contributed by atoms with Crippen molar-refractivity contribution in [3.05, 3.63) is 63.4 Å². The summed E-state index contributed by atoms with van der Waals surface area (Å²) in [6, 6.07) is 10.9. The predicted octanol–water partition coefficient (Wildman–Crippen LogP) is 4.06. The number of aryl methyl sites for hydroxylation is 1. The van der Waals surface area contributed by atoms with Crippen LogP contribution in [0.25, 0.3) is 11.0 Å². The van der Waals surface area contributed by atoms with Gasteiger partial charge in [0.2, 0.25) is 6.79 Å². The number of ether oxygens (including phenoxy) is 2. The van der Waals surface area contributed by atoms with Gasteiger partial charge in [-0.2, -0.15) is 0 Å². The zero-order valence-electron chi connectivity index (χ0n) is 17.8. The van der Waals surface area contributed by atoms with Crippen LogP contribution in [0.15, 0.2) is 57.0 Å². The smallest absolute Gasteiger partial charge is 0.231 e. The molecular weight excluding hydrogens is 410 g/mol. The van der Waals surface area contributed by atoms with Crippen molar-refractivity contribution in [3.63, 3.8) is 0 Å². The lowest BCUT2D eigenvalue weighted by atomic mass is 10.1. The summed E-state index contributed by atoms with van der Waals surface area (Å²) in [6.45, 7) is 4.97. The molecule has 0 spiro atoms. The third-order valence-corrected chi connectivity index (χ3v) is 6.18. The molecule has 5 rings (SSSR count). The lowest BCUT2D eigenvalue weighted by Crippen LogP contribution is -2.46. The molecule has 8 nitrogen and oxygen atoms in total. The van der Waals surface area contributed by atoms with Crippen molar-refractivity contribution < 1.29 is 13.9 Å². The van der Waals surface area contributed by atoms with Gasteiger partial charge in [-0.3, -0.25) is 9.69 Å². The highest BCUT2D eigenvalue weighted by Crippen LogP contribution is 2.35. The maximum Gasteiger partial charge on any atom is 0.231 e. The van der Waals surface area contributed by atoms with Gasteiger partial charge in [-0.15, -0.1) is 4.91 Å². The Balaban J connectivity index is 1.12. The van der Waals surface area contributed by atoms with Crippen molar-refractivity contribution in [1.82, 2.24) is 4.90 Å². The average molecular weight is 435 g/mol. The van der Waals surface area contributed by atoms with Crippen LogP contribution in [-0.2, 0) is 6.42 Å². The van der Waals surface area contributed by atoms with Crippen LogP contribution >= 0.6 is 0 Å². The summed E-state index contributed by atoms with van der Waals surface area (Å²) < 4.78 is 16.4. The van der Waals surface area contributed by atoms with E-state index in [0.29, 0.717) is 40.1 Å². The number of unbranched alkanes of at least 4 members (excludes halogenated alkanes) is 1. The maximum atomic E-state index is 12.8. The Labute approximate surface area is 185 Å². The monoisotopic (exact) mass is 435 g/mol. The Hall–Kier alpha value is -3.39. The molecule has 0 aliphatic carbocycles. The average Bonchev–Trinajstić information content (AvgIpc) is 3.30. The molecule has 0 unspecified atom stereocenters. The zero-order chi connectivity index (χ0) is 21.9. The largest absolute Gasteiger partial charge is 0.464 e. The number of piperazine rings is 1. The number of rotatable bonds is 7. The standard InChI is InChI=1S/C24H25N3O5/c28-24-17(15-30-21-14-23-22(13-20(21)24)31-16-32-23)4-1-2-7-26-8-10-27(11-9-26)19-6-3-5-18(12-19)25-29/h3,5-6,12-15H,1-2,4,7-11,16H2. The number of benzene rings is 2. The van der Waals surface area contributed by atoms with Crippen molar-refractivity contribution in [2.75, 3.05) is 44.4 Å². The first-order valence-electron chi connectivity index (χ1n) is 11.0. The van der Waals surface area contributed by atoms with Gasteiger partial charge >= 0.3 is 0 Å². The molecule has 0 N–H and O–H groups in total. The fourth-order valence-electron chi connectivity index (χ4n) is 4.36. The van der Waals surface area contributed by atoms with Crippen molar-refractivity contribution in [2.45, 2.75) is 19.3 Å². The number of nitrogens with zero attached hydrogens (tertiary/aromatic N) is 3. The quantitative estimate of drug-likeness (QED) is 0.409. The van der Waals surface area contributed by atoms with Gasteiger partial charge in [-0.05, 0) is 55.2 Å². The van der Waals surface area contributed by atoms with Gasteiger partial charge in [0.05, 0.1) is 11.6 Å². The van der Waals surface area contributed by atoms with E-state index in [1.54, 1.807) is 24.5 Å². The topological polar surface area (TPSA) is 84.6 Å². The van der Waals surface area contributed by atoms with Crippen LogP contribution in [0.1, 0.15) is 18.4 Å². The lowest BCUT2D eigenvalue weighted by molar-refractivity contribution is 0.174. The highest BCUT2D eigenvalue weighted by atomic mass is 16.7. The minimum absolute atomic E-state index is 0.00482. The summed E-state index contributed by atoms with van der Waals surface area (Å²) in [7, 11) is 0. The molecule has 3 heterocycles. The van der Waals surface area contributed by atoms with Gasteiger partial charge in [-0.1, -0.05) is 6.07 Å². The number of hydrogen-bond donors (Lipinski definition) is 0. The van der Waals surface area contributed by atoms with Crippen LogP contribution in [0.3, 0.4) is 0 Å². The molecule has 166 valence electrons. The third kappa shape index (κ3) is 4.18. The first-order chi connectivity index (χ1) is 15.7. The Morgan fingerprint density at radius 1 is 0.969 bits per heavy atom. The van der Waals surface area contributed by atoms with E-state index >= 15 is 0 Å². The van der Waals surface area contributed by atoms with Crippen molar-refractivity contribution >= 4 is 22.3 Å². The van der Waals surface area contributed by atoms with Crippen LogP contribution < -0.4 is 19.8 Å². The van der Waals surface area contributed by atoms with Crippen LogP contribution in [0.2, 0.25) is 0 Å². The van der Waals surface area contributed by atoms with Gasteiger partial charge < -0.3 is 18.8 Å². The molecule has 0 saturated carbocycles. The molecule has 2 aromatic carbocycles. The number of fused-ring (bicyclic) bond motifs is 2. The fourth-order valence-corrected chi connectivity index (χ4v) is 4.36. The Kier molecular flexibility index (Phi) is 5.77. The summed E-state index contributed by atoms with van der Waals surface area (Å²) in [5, 5.41) is 3.56. The number of nitroso groups, excluding NO2 is 1. The number of hydrogen-bond acceptors (Lipinski definition) is 8.